The monoisotopic (exact) mass is 382 g/mol. The number of esters is 2. The molecule has 0 aromatic carbocycles. The predicted molar refractivity (Wildman–Crippen MR) is 99.9 cm³/mol. The Labute approximate surface area is 158 Å². The van der Waals surface area contributed by atoms with Crippen LogP contribution in [0.25, 0.3) is 0 Å². The average Bonchev–Trinajstić information content (AvgIpc) is 3.09. The lowest BCUT2D eigenvalue weighted by molar-refractivity contribution is -0.148. The lowest BCUT2D eigenvalue weighted by Crippen LogP contribution is -2.33. The second kappa shape index (κ2) is 11.4. The van der Waals surface area contributed by atoms with Crippen molar-refractivity contribution in [1.29, 1.82) is 0 Å². The summed E-state index contributed by atoms with van der Waals surface area (Å²) >= 11 is 1.32. The summed E-state index contributed by atoms with van der Waals surface area (Å²) in [6, 6.07) is 3.52. The highest BCUT2D eigenvalue weighted by atomic mass is 32.1. The molecule has 26 heavy (non-hydrogen) atoms. The molecule has 1 amide bonds. The van der Waals surface area contributed by atoms with E-state index in [9.17, 15) is 14.4 Å². The van der Waals surface area contributed by atoms with Crippen LogP contribution in [-0.4, -0.2) is 48.3 Å². The van der Waals surface area contributed by atoms with Crippen LogP contribution in [0.3, 0.4) is 0 Å². The molecule has 1 aromatic heterocycles. The van der Waals surface area contributed by atoms with Crippen molar-refractivity contribution in [2.45, 2.75) is 40.5 Å². The molecule has 0 unspecified atom stereocenters. The van der Waals surface area contributed by atoms with Crippen LogP contribution in [0.15, 0.2) is 22.6 Å². The van der Waals surface area contributed by atoms with E-state index in [2.05, 4.69) is 5.10 Å². The Kier molecular flexibility index (Phi) is 9.57. The standard InChI is InChI=1S/C18H26N2O5S/c1-5-24-16(22)12-15(21)20(10-9-13(3)4)19-17(18(23)25-6-2)14-8-7-11-26-14/h7-8,11,13H,5-6,9-10,12H2,1-4H3/b19-17+. The smallest absolute Gasteiger partial charge is 0.360 e. The summed E-state index contributed by atoms with van der Waals surface area (Å²) in [5, 5.41) is 7.23. The molecule has 0 saturated carbocycles. The number of rotatable bonds is 10. The van der Waals surface area contributed by atoms with Gasteiger partial charge >= 0.3 is 11.9 Å². The largest absolute Gasteiger partial charge is 0.466 e. The fraction of sp³-hybridized carbons (Fsp3) is 0.556. The van der Waals surface area contributed by atoms with E-state index in [4.69, 9.17) is 9.47 Å². The number of hydrogen-bond acceptors (Lipinski definition) is 7. The Morgan fingerprint density at radius 2 is 1.88 bits per heavy atom. The highest BCUT2D eigenvalue weighted by molar-refractivity contribution is 7.13. The van der Waals surface area contributed by atoms with E-state index in [-0.39, 0.29) is 18.9 Å². The maximum atomic E-state index is 12.5. The lowest BCUT2D eigenvalue weighted by atomic mass is 10.1. The first-order valence-electron chi connectivity index (χ1n) is 8.64. The first kappa shape index (κ1) is 21.8. The Morgan fingerprint density at radius 1 is 1.19 bits per heavy atom. The first-order valence-corrected chi connectivity index (χ1v) is 9.52. The van der Waals surface area contributed by atoms with Gasteiger partial charge in [-0.3, -0.25) is 9.59 Å². The molecular weight excluding hydrogens is 356 g/mol. The highest BCUT2D eigenvalue weighted by Gasteiger charge is 2.23. The quantitative estimate of drug-likeness (QED) is 0.269. The van der Waals surface area contributed by atoms with Gasteiger partial charge in [0.1, 0.15) is 6.42 Å². The fourth-order valence-electron chi connectivity index (χ4n) is 1.96. The third-order valence-electron chi connectivity index (χ3n) is 3.25. The maximum Gasteiger partial charge on any atom is 0.360 e. The number of amides is 1. The van der Waals surface area contributed by atoms with E-state index in [1.54, 1.807) is 26.0 Å². The summed E-state index contributed by atoms with van der Waals surface area (Å²) in [7, 11) is 0. The van der Waals surface area contributed by atoms with E-state index in [1.807, 2.05) is 19.2 Å². The number of ether oxygens (including phenoxy) is 2. The zero-order valence-electron chi connectivity index (χ0n) is 15.7. The molecule has 1 rings (SSSR count). The van der Waals surface area contributed by atoms with Gasteiger partial charge in [0, 0.05) is 6.54 Å². The van der Waals surface area contributed by atoms with Gasteiger partial charge in [-0.1, -0.05) is 19.9 Å². The minimum atomic E-state index is -0.615. The predicted octanol–water partition coefficient (Wildman–Crippen LogP) is 2.84. The van der Waals surface area contributed by atoms with Gasteiger partial charge in [-0.25, -0.2) is 9.80 Å². The number of carbonyl (C=O) groups is 3. The molecule has 0 radical (unpaired) electrons. The van der Waals surface area contributed by atoms with E-state index < -0.39 is 24.3 Å². The van der Waals surface area contributed by atoms with Gasteiger partial charge in [0.05, 0.1) is 18.1 Å². The highest BCUT2D eigenvalue weighted by Crippen LogP contribution is 2.14. The van der Waals surface area contributed by atoms with Crippen LogP contribution in [0.4, 0.5) is 0 Å². The first-order chi connectivity index (χ1) is 12.4. The summed E-state index contributed by atoms with van der Waals surface area (Å²) in [4.78, 5) is 37.0. The summed E-state index contributed by atoms with van der Waals surface area (Å²) in [6.45, 7) is 8.10. The van der Waals surface area contributed by atoms with Crippen molar-refractivity contribution in [2.24, 2.45) is 11.0 Å². The van der Waals surface area contributed by atoms with E-state index in [1.165, 1.54) is 16.3 Å². The molecule has 0 fully saturated rings. The molecule has 0 atom stereocenters. The van der Waals surface area contributed by atoms with Crippen molar-refractivity contribution in [3.63, 3.8) is 0 Å². The molecule has 0 aliphatic heterocycles. The van der Waals surface area contributed by atoms with Crippen LogP contribution in [0.5, 0.6) is 0 Å². The molecule has 1 heterocycles. The van der Waals surface area contributed by atoms with Crippen molar-refractivity contribution in [2.75, 3.05) is 19.8 Å². The normalized spacial score (nSPS) is 11.3. The minimum Gasteiger partial charge on any atom is -0.466 e. The van der Waals surface area contributed by atoms with Crippen molar-refractivity contribution >= 4 is 34.9 Å². The molecule has 7 nitrogen and oxygen atoms in total. The Balaban J connectivity index is 3.11. The Morgan fingerprint density at radius 3 is 2.42 bits per heavy atom. The molecule has 1 aromatic rings. The van der Waals surface area contributed by atoms with Gasteiger partial charge in [-0.05, 0) is 37.6 Å². The molecular formula is C18H26N2O5S. The van der Waals surface area contributed by atoms with Gasteiger partial charge in [0.25, 0.3) is 5.91 Å². The number of carbonyl (C=O) groups excluding carboxylic acids is 3. The van der Waals surface area contributed by atoms with E-state index in [0.29, 0.717) is 23.8 Å². The lowest BCUT2D eigenvalue weighted by Gasteiger charge is -2.19. The summed E-state index contributed by atoms with van der Waals surface area (Å²) in [6.07, 6.45) is 0.259. The molecule has 0 N–H and O–H groups in total. The summed E-state index contributed by atoms with van der Waals surface area (Å²) < 4.78 is 9.89. The van der Waals surface area contributed by atoms with Crippen molar-refractivity contribution in [3.05, 3.63) is 22.4 Å². The molecule has 0 aliphatic carbocycles. The van der Waals surface area contributed by atoms with Crippen molar-refractivity contribution in [1.82, 2.24) is 5.01 Å². The maximum absolute atomic E-state index is 12.5. The molecule has 0 saturated heterocycles. The van der Waals surface area contributed by atoms with Crippen LogP contribution in [0.1, 0.15) is 45.4 Å². The number of nitrogens with zero attached hydrogens (tertiary/aromatic N) is 2. The zero-order valence-corrected chi connectivity index (χ0v) is 16.5. The molecule has 8 heteroatoms. The molecule has 0 aliphatic rings. The van der Waals surface area contributed by atoms with Crippen LogP contribution in [0.2, 0.25) is 0 Å². The Bertz CT molecular complexity index is 626. The third kappa shape index (κ3) is 7.35. The second-order valence-corrected chi connectivity index (χ2v) is 6.78. The van der Waals surface area contributed by atoms with E-state index >= 15 is 0 Å². The second-order valence-electron chi connectivity index (χ2n) is 5.83. The summed E-state index contributed by atoms with van der Waals surface area (Å²) in [5.74, 6) is -1.40. The SMILES string of the molecule is CCOC(=O)CC(=O)N(CCC(C)C)/N=C(/C(=O)OCC)c1cccs1. The number of thiophene rings is 1. The van der Waals surface area contributed by atoms with Gasteiger partial charge in [-0.15, -0.1) is 11.3 Å². The fourth-order valence-corrected chi connectivity index (χ4v) is 2.66. The van der Waals surface area contributed by atoms with Crippen LogP contribution in [-0.2, 0) is 23.9 Å². The minimum absolute atomic E-state index is 0.0582. The van der Waals surface area contributed by atoms with Crippen LogP contribution in [0, 0.1) is 5.92 Å². The van der Waals surface area contributed by atoms with Crippen molar-refractivity contribution < 1.29 is 23.9 Å². The zero-order chi connectivity index (χ0) is 19.5. The number of hydrogen-bond donors (Lipinski definition) is 0. The summed E-state index contributed by atoms with van der Waals surface area (Å²) in [5.41, 5.74) is 0.0582. The van der Waals surface area contributed by atoms with Crippen LogP contribution < -0.4 is 0 Å². The van der Waals surface area contributed by atoms with E-state index in [0.717, 1.165) is 0 Å². The van der Waals surface area contributed by atoms with Gasteiger partial charge in [-0.2, -0.15) is 5.10 Å². The molecule has 144 valence electrons. The van der Waals surface area contributed by atoms with Gasteiger partial charge in [0.15, 0.2) is 5.71 Å². The number of hydrazone groups is 1. The molecule has 0 spiro atoms. The third-order valence-corrected chi connectivity index (χ3v) is 4.13. The van der Waals surface area contributed by atoms with Crippen LogP contribution >= 0.6 is 11.3 Å². The van der Waals surface area contributed by atoms with Gasteiger partial charge in [0.2, 0.25) is 0 Å². The van der Waals surface area contributed by atoms with Gasteiger partial charge < -0.3 is 9.47 Å². The Hall–Kier alpha value is -2.22. The van der Waals surface area contributed by atoms with Crippen molar-refractivity contribution in [3.8, 4) is 0 Å². The molecule has 0 bridgehead atoms. The average molecular weight is 382 g/mol. The topological polar surface area (TPSA) is 85.3 Å².